The molecular formula is C20H22O3S. The number of benzene rings is 2. The van der Waals surface area contributed by atoms with Crippen molar-refractivity contribution in [2.45, 2.75) is 33.1 Å². The fourth-order valence-electron chi connectivity index (χ4n) is 2.64. The van der Waals surface area contributed by atoms with Gasteiger partial charge in [0, 0.05) is 11.3 Å². The van der Waals surface area contributed by atoms with Gasteiger partial charge in [0.05, 0.1) is 5.56 Å². The first-order valence-electron chi connectivity index (χ1n) is 7.94. The van der Waals surface area contributed by atoms with Crippen LogP contribution in [0.15, 0.2) is 42.5 Å². The van der Waals surface area contributed by atoms with E-state index in [4.69, 9.17) is 22.1 Å². The molecule has 0 unspecified atom stereocenters. The molecule has 0 spiro atoms. The molecule has 0 atom stereocenters. The Morgan fingerprint density at radius 2 is 1.96 bits per heavy atom. The topological polar surface area (TPSA) is 46.5 Å². The lowest BCUT2D eigenvalue weighted by atomic mass is 9.98. The van der Waals surface area contributed by atoms with Crippen LogP contribution in [0.4, 0.5) is 0 Å². The monoisotopic (exact) mass is 342 g/mol. The van der Waals surface area contributed by atoms with Crippen molar-refractivity contribution in [3.05, 3.63) is 64.7 Å². The summed E-state index contributed by atoms with van der Waals surface area (Å²) in [6, 6.07) is 12.9. The Kier molecular flexibility index (Phi) is 6.10. The van der Waals surface area contributed by atoms with E-state index in [1.54, 1.807) is 18.2 Å². The van der Waals surface area contributed by atoms with Crippen molar-refractivity contribution < 1.29 is 14.6 Å². The quantitative estimate of drug-likeness (QED) is 0.734. The maximum absolute atomic E-state index is 11.0. The number of carboxylic acid groups (broad SMARTS) is 1. The summed E-state index contributed by atoms with van der Waals surface area (Å²) in [7, 11) is 0. The molecule has 0 radical (unpaired) electrons. The maximum atomic E-state index is 11.0. The summed E-state index contributed by atoms with van der Waals surface area (Å²) in [6.45, 7) is 6.76. The van der Waals surface area contributed by atoms with Gasteiger partial charge < -0.3 is 9.84 Å². The molecular weight excluding hydrogens is 320 g/mol. The number of aryl methyl sites for hydroxylation is 1. The van der Waals surface area contributed by atoms with Crippen LogP contribution in [-0.2, 0) is 6.42 Å². The molecule has 24 heavy (non-hydrogen) atoms. The average Bonchev–Trinajstić information content (AvgIpc) is 2.53. The first-order valence-corrected chi connectivity index (χ1v) is 8.35. The largest absolute Gasteiger partial charge is 0.488 e. The van der Waals surface area contributed by atoms with Gasteiger partial charge in [-0.2, -0.15) is 0 Å². The summed E-state index contributed by atoms with van der Waals surface area (Å²) in [5, 5.41) is 9.03. The van der Waals surface area contributed by atoms with Gasteiger partial charge >= 0.3 is 5.97 Å². The number of carbonyl (C=O) groups is 1. The minimum atomic E-state index is -0.931. The molecule has 0 amide bonds. The standard InChI is InChI=1S/C20H22O3S/c1-13(2)19-8-7-17(9-14(19)3)23-12-18(24)11-15-5-4-6-16(10-15)20(21)22/h4-10,13H,11-12H2,1-3H3,(H,21,22). The SMILES string of the molecule is Cc1cc(OCC(=S)Cc2cccc(C(=O)O)c2)ccc1C(C)C. The molecule has 1 N–H and O–H groups in total. The van der Waals surface area contributed by atoms with Gasteiger partial charge in [-0.15, -0.1) is 0 Å². The zero-order valence-corrected chi connectivity index (χ0v) is 15.0. The molecule has 2 aromatic rings. The number of carboxylic acids is 1. The molecule has 0 saturated heterocycles. The van der Waals surface area contributed by atoms with Crippen LogP contribution in [0.25, 0.3) is 0 Å². The van der Waals surface area contributed by atoms with Crippen LogP contribution in [0, 0.1) is 6.92 Å². The number of hydrogen-bond donors (Lipinski definition) is 1. The van der Waals surface area contributed by atoms with Gasteiger partial charge in [-0.25, -0.2) is 4.79 Å². The molecule has 0 aliphatic carbocycles. The normalized spacial score (nSPS) is 10.7. The van der Waals surface area contributed by atoms with E-state index in [2.05, 4.69) is 26.8 Å². The Balaban J connectivity index is 1.95. The maximum Gasteiger partial charge on any atom is 0.335 e. The van der Waals surface area contributed by atoms with E-state index in [9.17, 15) is 4.79 Å². The summed E-state index contributed by atoms with van der Waals surface area (Å²) in [5.74, 6) is 0.361. The summed E-state index contributed by atoms with van der Waals surface area (Å²) in [4.78, 5) is 11.7. The first-order chi connectivity index (χ1) is 11.4. The van der Waals surface area contributed by atoms with E-state index in [-0.39, 0.29) is 5.56 Å². The van der Waals surface area contributed by atoms with E-state index < -0.39 is 5.97 Å². The Hall–Kier alpha value is -2.20. The highest BCUT2D eigenvalue weighted by Crippen LogP contribution is 2.23. The lowest BCUT2D eigenvalue weighted by molar-refractivity contribution is 0.0697. The zero-order chi connectivity index (χ0) is 17.7. The molecule has 3 nitrogen and oxygen atoms in total. The molecule has 4 heteroatoms. The summed E-state index contributed by atoms with van der Waals surface area (Å²) >= 11 is 5.37. The van der Waals surface area contributed by atoms with E-state index in [0.29, 0.717) is 18.9 Å². The fraction of sp³-hybridized carbons (Fsp3) is 0.300. The third kappa shape index (κ3) is 4.90. The van der Waals surface area contributed by atoms with Crippen LogP contribution in [0.3, 0.4) is 0 Å². The number of thiocarbonyl (C=S) groups is 1. The van der Waals surface area contributed by atoms with E-state index in [1.807, 2.05) is 18.2 Å². The van der Waals surface area contributed by atoms with Gasteiger partial charge in [-0.05, 0) is 53.8 Å². The first kappa shape index (κ1) is 18.1. The minimum absolute atomic E-state index is 0.274. The van der Waals surface area contributed by atoms with Crippen LogP contribution in [0.5, 0.6) is 5.75 Å². The van der Waals surface area contributed by atoms with Crippen molar-refractivity contribution in [3.8, 4) is 5.75 Å². The molecule has 0 bridgehead atoms. The molecule has 0 aromatic heterocycles. The fourth-order valence-corrected chi connectivity index (χ4v) is 2.87. The van der Waals surface area contributed by atoms with Crippen molar-refractivity contribution in [1.82, 2.24) is 0 Å². The summed E-state index contributed by atoms with van der Waals surface area (Å²) in [6.07, 6.45) is 0.527. The van der Waals surface area contributed by atoms with Crippen LogP contribution in [0.2, 0.25) is 0 Å². The van der Waals surface area contributed by atoms with Crippen LogP contribution < -0.4 is 4.74 Å². The van der Waals surface area contributed by atoms with E-state index >= 15 is 0 Å². The second-order valence-corrected chi connectivity index (χ2v) is 6.76. The van der Waals surface area contributed by atoms with Crippen LogP contribution in [0.1, 0.15) is 46.8 Å². The minimum Gasteiger partial charge on any atom is -0.488 e. The Bertz CT molecular complexity index is 750. The van der Waals surface area contributed by atoms with Crippen molar-refractivity contribution in [2.75, 3.05) is 6.61 Å². The highest BCUT2D eigenvalue weighted by atomic mass is 32.1. The predicted molar refractivity (Wildman–Crippen MR) is 100 cm³/mol. The van der Waals surface area contributed by atoms with Gasteiger partial charge in [-0.1, -0.05) is 44.3 Å². The Morgan fingerprint density at radius 3 is 2.58 bits per heavy atom. The summed E-state index contributed by atoms with van der Waals surface area (Å²) in [5.41, 5.74) is 3.68. The highest BCUT2D eigenvalue weighted by Gasteiger charge is 2.08. The Morgan fingerprint density at radius 1 is 1.21 bits per heavy atom. The third-order valence-corrected chi connectivity index (χ3v) is 4.10. The van der Waals surface area contributed by atoms with Gasteiger partial charge in [0.1, 0.15) is 12.4 Å². The Labute approximate surface area is 148 Å². The van der Waals surface area contributed by atoms with E-state index in [1.165, 1.54) is 11.1 Å². The average molecular weight is 342 g/mol. The smallest absolute Gasteiger partial charge is 0.335 e. The molecule has 0 heterocycles. The summed E-state index contributed by atoms with van der Waals surface area (Å²) < 4.78 is 5.78. The van der Waals surface area contributed by atoms with Gasteiger partial charge in [0.15, 0.2) is 0 Å². The molecule has 0 fully saturated rings. The zero-order valence-electron chi connectivity index (χ0n) is 14.2. The highest BCUT2D eigenvalue weighted by molar-refractivity contribution is 7.80. The van der Waals surface area contributed by atoms with Crippen molar-refractivity contribution in [3.63, 3.8) is 0 Å². The molecule has 0 saturated carbocycles. The molecule has 2 aromatic carbocycles. The van der Waals surface area contributed by atoms with Gasteiger partial charge in [0.2, 0.25) is 0 Å². The number of rotatable bonds is 7. The van der Waals surface area contributed by atoms with Crippen molar-refractivity contribution in [2.24, 2.45) is 0 Å². The number of ether oxygens (including phenoxy) is 1. The number of hydrogen-bond acceptors (Lipinski definition) is 3. The van der Waals surface area contributed by atoms with Gasteiger partial charge in [0.25, 0.3) is 0 Å². The lowest BCUT2D eigenvalue weighted by Gasteiger charge is -2.13. The van der Waals surface area contributed by atoms with Crippen molar-refractivity contribution in [1.29, 1.82) is 0 Å². The lowest BCUT2D eigenvalue weighted by Crippen LogP contribution is -2.12. The van der Waals surface area contributed by atoms with E-state index in [0.717, 1.165) is 16.2 Å². The molecule has 126 valence electrons. The second kappa shape index (κ2) is 8.06. The number of aromatic carboxylic acids is 1. The van der Waals surface area contributed by atoms with Crippen LogP contribution >= 0.6 is 12.2 Å². The second-order valence-electron chi connectivity index (χ2n) is 6.18. The van der Waals surface area contributed by atoms with Crippen molar-refractivity contribution >= 4 is 23.1 Å². The molecule has 2 rings (SSSR count). The molecule has 0 aliphatic heterocycles. The van der Waals surface area contributed by atoms with Gasteiger partial charge in [-0.3, -0.25) is 0 Å². The molecule has 0 aliphatic rings. The predicted octanol–water partition coefficient (Wildman–Crippen LogP) is 4.81. The third-order valence-electron chi connectivity index (χ3n) is 3.84. The van der Waals surface area contributed by atoms with Crippen LogP contribution in [-0.4, -0.2) is 22.5 Å².